The van der Waals surface area contributed by atoms with Crippen LogP contribution in [0.4, 0.5) is 4.79 Å². The number of ether oxygens (including phenoxy) is 1. The second-order valence-corrected chi connectivity index (χ2v) is 5.98. The van der Waals surface area contributed by atoms with Gasteiger partial charge in [-0.15, -0.1) is 0 Å². The predicted molar refractivity (Wildman–Crippen MR) is 66.7 cm³/mol. The Morgan fingerprint density at radius 1 is 1.26 bits per heavy atom. The number of carbonyl (C=O) groups is 2. The number of rotatable bonds is 5. The summed E-state index contributed by atoms with van der Waals surface area (Å²) < 4.78 is 5.65. The molecule has 1 saturated heterocycles. The van der Waals surface area contributed by atoms with E-state index in [9.17, 15) is 9.59 Å². The minimum atomic E-state index is -0.812. The summed E-state index contributed by atoms with van der Waals surface area (Å²) in [5, 5.41) is 14.6. The highest BCUT2D eigenvalue weighted by molar-refractivity contribution is 5.80. The lowest BCUT2D eigenvalue weighted by Gasteiger charge is -2.20. The van der Waals surface area contributed by atoms with E-state index in [-0.39, 0.29) is 24.7 Å². The molecule has 2 saturated carbocycles. The van der Waals surface area contributed by atoms with Gasteiger partial charge in [0.2, 0.25) is 0 Å². The van der Waals surface area contributed by atoms with Crippen LogP contribution in [0.25, 0.3) is 0 Å². The molecule has 3 aliphatic rings. The van der Waals surface area contributed by atoms with Gasteiger partial charge in [0.1, 0.15) is 0 Å². The van der Waals surface area contributed by atoms with Crippen LogP contribution in [0, 0.1) is 11.3 Å². The van der Waals surface area contributed by atoms with Gasteiger partial charge < -0.3 is 20.5 Å². The molecule has 0 aromatic rings. The Bertz CT molecular complexity index is 390. The van der Waals surface area contributed by atoms with Gasteiger partial charge in [-0.2, -0.15) is 0 Å². The lowest BCUT2D eigenvalue weighted by molar-refractivity contribution is -0.143. The van der Waals surface area contributed by atoms with Crippen molar-refractivity contribution in [2.24, 2.45) is 11.3 Å². The number of nitrogens with one attached hydrogen (secondary N) is 2. The van der Waals surface area contributed by atoms with E-state index in [2.05, 4.69) is 10.6 Å². The summed E-state index contributed by atoms with van der Waals surface area (Å²) in [4.78, 5) is 22.8. The molecule has 1 aliphatic heterocycles. The number of aliphatic carboxylic acids is 1. The molecular formula is C13H20N2O4. The minimum absolute atomic E-state index is 0.0764. The van der Waals surface area contributed by atoms with Crippen molar-refractivity contribution in [1.29, 1.82) is 0 Å². The van der Waals surface area contributed by atoms with E-state index in [1.165, 1.54) is 12.8 Å². The third kappa shape index (κ3) is 2.68. The molecule has 6 heteroatoms. The summed E-state index contributed by atoms with van der Waals surface area (Å²) in [6, 6.07) is -0.193. The van der Waals surface area contributed by atoms with Crippen LogP contribution in [0.1, 0.15) is 32.1 Å². The largest absolute Gasteiger partial charge is 0.481 e. The Labute approximate surface area is 111 Å². The highest BCUT2D eigenvalue weighted by Crippen LogP contribution is 2.45. The number of hydrogen-bond donors (Lipinski definition) is 3. The van der Waals surface area contributed by atoms with Gasteiger partial charge in [0.25, 0.3) is 0 Å². The molecule has 2 atom stereocenters. The fourth-order valence-electron chi connectivity index (χ4n) is 2.74. The maximum absolute atomic E-state index is 11.8. The Hall–Kier alpha value is -1.30. The highest BCUT2D eigenvalue weighted by atomic mass is 16.5. The summed E-state index contributed by atoms with van der Waals surface area (Å²) in [6.45, 7) is 0.918. The van der Waals surface area contributed by atoms with Crippen LogP contribution in [-0.2, 0) is 9.53 Å². The molecule has 0 aromatic carbocycles. The van der Waals surface area contributed by atoms with Crippen molar-refractivity contribution < 1.29 is 19.4 Å². The lowest BCUT2D eigenvalue weighted by Crippen LogP contribution is -2.48. The van der Waals surface area contributed by atoms with Gasteiger partial charge in [-0.05, 0) is 38.0 Å². The number of carboxylic acid groups (broad SMARTS) is 1. The van der Waals surface area contributed by atoms with E-state index in [0.717, 1.165) is 6.42 Å². The second kappa shape index (κ2) is 4.67. The van der Waals surface area contributed by atoms with Crippen molar-refractivity contribution in [1.82, 2.24) is 10.6 Å². The standard InChI is InChI=1S/C13H20N2O4/c16-11(17)13(4-5-13)7-14-12(18)15-9-3-6-19-10(9)8-1-2-8/h8-10H,1-7H2,(H,16,17)(H2,14,15,18). The fourth-order valence-corrected chi connectivity index (χ4v) is 2.74. The molecule has 0 bridgehead atoms. The van der Waals surface area contributed by atoms with Gasteiger partial charge >= 0.3 is 12.0 Å². The monoisotopic (exact) mass is 268 g/mol. The summed E-state index contributed by atoms with van der Waals surface area (Å²) >= 11 is 0. The first-order valence-electron chi connectivity index (χ1n) is 7.00. The Balaban J connectivity index is 1.45. The Morgan fingerprint density at radius 2 is 2.00 bits per heavy atom. The van der Waals surface area contributed by atoms with Gasteiger partial charge in [-0.1, -0.05) is 0 Å². The molecule has 2 aliphatic carbocycles. The molecule has 19 heavy (non-hydrogen) atoms. The normalized spacial score (nSPS) is 31.8. The number of hydrogen-bond acceptors (Lipinski definition) is 3. The first-order chi connectivity index (χ1) is 9.11. The molecule has 3 N–H and O–H groups in total. The van der Waals surface area contributed by atoms with Gasteiger partial charge in [-0.25, -0.2) is 4.79 Å². The zero-order valence-electron chi connectivity index (χ0n) is 10.9. The van der Waals surface area contributed by atoms with Crippen molar-refractivity contribution >= 4 is 12.0 Å². The third-order valence-corrected chi connectivity index (χ3v) is 4.43. The van der Waals surface area contributed by atoms with Crippen LogP contribution in [0.2, 0.25) is 0 Å². The van der Waals surface area contributed by atoms with E-state index in [0.29, 0.717) is 25.4 Å². The average Bonchev–Trinajstić information content (AvgIpc) is 3.28. The molecule has 0 spiro atoms. The smallest absolute Gasteiger partial charge is 0.315 e. The molecule has 1 heterocycles. The van der Waals surface area contributed by atoms with E-state index in [4.69, 9.17) is 9.84 Å². The maximum atomic E-state index is 11.8. The first kappa shape index (κ1) is 12.7. The lowest BCUT2D eigenvalue weighted by atomic mass is 10.1. The van der Waals surface area contributed by atoms with E-state index in [1.54, 1.807) is 0 Å². The van der Waals surface area contributed by atoms with Crippen molar-refractivity contribution in [3.05, 3.63) is 0 Å². The van der Waals surface area contributed by atoms with Crippen LogP contribution >= 0.6 is 0 Å². The van der Waals surface area contributed by atoms with Crippen LogP contribution in [-0.4, -0.2) is 42.4 Å². The minimum Gasteiger partial charge on any atom is -0.481 e. The van der Waals surface area contributed by atoms with Crippen LogP contribution < -0.4 is 10.6 Å². The molecule has 106 valence electrons. The molecule has 3 fully saturated rings. The van der Waals surface area contributed by atoms with Crippen molar-refractivity contribution in [3.8, 4) is 0 Å². The van der Waals surface area contributed by atoms with Gasteiger partial charge in [0, 0.05) is 13.2 Å². The molecule has 2 unspecified atom stereocenters. The van der Waals surface area contributed by atoms with E-state index in [1.807, 2.05) is 0 Å². The molecular weight excluding hydrogens is 248 g/mol. The zero-order valence-corrected chi connectivity index (χ0v) is 10.9. The molecule has 6 nitrogen and oxygen atoms in total. The van der Waals surface area contributed by atoms with E-state index >= 15 is 0 Å². The predicted octanol–water partition coefficient (Wildman–Crippen LogP) is 0.718. The van der Waals surface area contributed by atoms with Crippen LogP contribution in [0.15, 0.2) is 0 Å². The highest BCUT2D eigenvalue weighted by Gasteiger charge is 2.50. The zero-order chi connectivity index (χ0) is 13.5. The van der Waals surface area contributed by atoms with Crippen molar-refractivity contribution in [3.63, 3.8) is 0 Å². The first-order valence-corrected chi connectivity index (χ1v) is 7.00. The number of urea groups is 1. The Kier molecular flexibility index (Phi) is 3.12. The maximum Gasteiger partial charge on any atom is 0.315 e. The summed E-state index contributed by atoms with van der Waals surface area (Å²) in [7, 11) is 0. The molecule has 2 amide bonds. The Morgan fingerprint density at radius 3 is 2.58 bits per heavy atom. The second-order valence-electron chi connectivity index (χ2n) is 5.98. The molecule has 0 radical (unpaired) electrons. The molecule has 3 rings (SSSR count). The average molecular weight is 268 g/mol. The molecule has 0 aromatic heterocycles. The van der Waals surface area contributed by atoms with Crippen molar-refractivity contribution in [2.45, 2.75) is 44.2 Å². The SMILES string of the molecule is O=C(NCC1(C(=O)O)CC1)NC1CCOC1C1CC1. The quantitative estimate of drug-likeness (QED) is 0.685. The summed E-state index contributed by atoms with van der Waals surface area (Å²) in [5.41, 5.74) is -0.709. The van der Waals surface area contributed by atoms with E-state index < -0.39 is 11.4 Å². The van der Waals surface area contributed by atoms with Crippen LogP contribution in [0.5, 0.6) is 0 Å². The van der Waals surface area contributed by atoms with Crippen molar-refractivity contribution in [2.75, 3.05) is 13.2 Å². The van der Waals surface area contributed by atoms with Gasteiger partial charge in [0.15, 0.2) is 0 Å². The van der Waals surface area contributed by atoms with Gasteiger partial charge in [-0.3, -0.25) is 4.79 Å². The number of amides is 2. The van der Waals surface area contributed by atoms with Gasteiger partial charge in [0.05, 0.1) is 17.6 Å². The third-order valence-electron chi connectivity index (χ3n) is 4.43. The number of carbonyl (C=O) groups excluding carboxylic acids is 1. The summed E-state index contributed by atoms with van der Waals surface area (Å²) in [6.07, 6.45) is 4.68. The number of carboxylic acids is 1. The fraction of sp³-hybridized carbons (Fsp3) is 0.846. The summed E-state index contributed by atoms with van der Waals surface area (Å²) in [5.74, 6) is -0.213. The topological polar surface area (TPSA) is 87.7 Å². The van der Waals surface area contributed by atoms with Crippen LogP contribution in [0.3, 0.4) is 0 Å².